The number of hydrogen-bond donors (Lipinski definition) is 2. The van der Waals surface area contributed by atoms with Crippen LogP contribution in [0.25, 0.3) is 0 Å². The molecule has 1 fully saturated rings. The Morgan fingerprint density at radius 1 is 1.38 bits per heavy atom. The highest BCUT2D eigenvalue weighted by molar-refractivity contribution is 8.00. The van der Waals surface area contributed by atoms with E-state index in [0.717, 1.165) is 16.8 Å². The third kappa shape index (κ3) is 4.74. The van der Waals surface area contributed by atoms with E-state index in [1.54, 1.807) is 6.92 Å². The van der Waals surface area contributed by atoms with Gasteiger partial charge < -0.3 is 15.4 Å². The number of carbonyl (C=O) groups is 3. The SMILES string of the molecule is CCOC(=O)C1CSC(CC(=O)Nc2cc(C)ccc2C)C(=O)N1. The third-order valence-electron chi connectivity index (χ3n) is 3.68. The molecule has 1 aromatic rings. The first kappa shape index (κ1) is 18.3. The molecule has 0 aromatic heterocycles. The molecule has 0 aliphatic carbocycles. The second-order valence-electron chi connectivity index (χ2n) is 5.71. The molecule has 0 bridgehead atoms. The van der Waals surface area contributed by atoms with Crippen LogP contribution in [0, 0.1) is 13.8 Å². The highest BCUT2D eigenvalue weighted by Gasteiger charge is 2.34. The minimum Gasteiger partial charge on any atom is -0.464 e. The van der Waals surface area contributed by atoms with E-state index >= 15 is 0 Å². The quantitative estimate of drug-likeness (QED) is 0.791. The molecule has 1 heterocycles. The molecule has 1 saturated heterocycles. The molecule has 0 spiro atoms. The Labute approximate surface area is 145 Å². The van der Waals surface area contributed by atoms with Crippen LogP contribution >= 0.6 is 11.8 Å². The lowest BCUT2D eigenvalue weighted by Crippen LogP contribution is -2.51. The van der Waals surface area contributed by atoms with Crippen LogP contribution in [0.2, 0.25) is 0 Å². The Balaban J connectivity index is 1.90. The number of anilines is 1. The number of esters is 1. The maximum Gasteiger partial charge on any atom is 0.329 e. The monoisotopic (exact) mass is 350 g/mol. The Morgan fingerprint density at radius 3 is 2.79 bits per heavy atom. The second kappa shape index (κ2) is 8.19. The smallest absolute Gasteiger partial charge is 0.329 e. The summed E-state index contributed by atoms with van der Waals surface area (Å²) in [7, 11) is 0. The van der Waals surface area contributed by atoms with Crippen LogP contribution in [0.3, 0.4) is 0 Å². The molecule has 2 amide bonds. The first-order valence-corrected chi connectivity index (χ1v) is 8.91. The van der Waals surface area contributed by atoms with Crippen LogP contribution in [0.15, 0.2) is 18.2 Å². The van der Waals surface area contributed by atoms with Crippen molar-refractivity contribution in [2.75, 3.05) is 17.7 Å². The molecule has 1 aliphatic heterocycles. The van der Waals surface area contributed by atoms with E-state index < -0.39 is 17.3 Å². The average molecular weight is 350 g/mol. The van der Waals surface area contributed by atoms with Crippen molar-refractivity contribution in [3.63, 3.8) is 0 Å². The van der Waals surface area contributed by atoms with Crippen molar-refractivity contribution in [1.29, 1.82) is 0 Å². The fraction of sp³-hybridized carbons (Fsp3) is 0.471. The summed E-state index contributed by atoms with van der Waals surface area (Å²) in [5.41, 5.74) is 2.78. The molecule has 2 atom stereocenters. The zero-order valence-electron chi connectivity index (χ0n) is 14.0. The van der Waals surface area contributed by atoms with Gasteiger partial charge in [0, 0.05) is 17.9 Å². The topological polar surface area (TPSA) is 84.5 Å². The molecular weight excluding hydrogens is 328 g/mol. The number of nitrogens with one attached hydrogen (secondary N) is 2. The fourth-order valence-electron chi connectivity index (χ4n) is 2.36. The summed E-state index contributed by atoms with van der Waals surface area (Å²) in [5, 5.41) is 4.98. The van der Waals surface area contributed by atoms with E-state index in [-0.39, 0.29) is 24.8 Å². The van der Waals surface area contributed by atoms with Crippen LogP contribution < -0.4 is 10.6 Å². The summed E-state index contributed by atoms with van der Waals surface area (Å²) in [6.45, 7) is 5.86. The molecule has 1 aliphatic rings. The van der Waals surface area contributed by atoms with Crippen LogP contribution in [0.5, 0.6) is 0 Å². The molecular formula is C17H22N2O4S. The number of carbonyl (C=O) groups excluding carboxylic acids is 3. The first-order chi connectivity index (χ1) is 11.4. The van der Waals surface area contributed by atoms with Crippen LogP contribution in [-0.2, 0) is 19.1 Å². The van der Waals surface area contributed by atoms with Gasteiger partial charge in [-0.2, -0.15) is 0 Å². The Morgan fingerprint density at radius 2 is 2.12 bits per heavy atom. The van der Waals surface area contributed by atoms with Gasteiger partial charge in [-0.3, -0.25) is 9.59 Å². The maximum absolute atomic E-state index is 12.2. The molecule has 7 heteroatoms. The molecule has 1 aromatic carbocycles. The lowest BCUT2D eigenvalue weighted by Gasteiger charge is -2.27. The molecule has 2 unspecified atom stereocenters. The number of rotatable bonds is 5. The summed E-state index contributed by atoms with van der Waals surface area (Å²) in [6.07, 6.45) is 0.0689. The van der Waals surface area contributed by atoms with Gasteiger partial charge in [0.2, 0.25) is 11.8 Å². The second-order valence-corrected chi connectivity index (χ2v) is 6.94. The summed E-state index contributed by atoms with van der Waals surface area (Å²) >= 11 is 1.31. The zero-order chi connectivity index (χ0) is 17.7. The largest absolute Gasteiger partial charge is 0.464 e. The Hall–Kier alpha value is -2.02. The molecule has 2 N–H and O–H groups in total. The number of amides is 2. The molecule has 24 heavy (non-hydrogen) atoms. The van der Waals surface area contributed by atoms with Gasteiger partial charge in [-0.05, 0) is 38.0 Å². The fourth-order valence-corrected chi connectivity index (χ4v) is 3.49. The van der Waals surface area contributed by atoms with Crippen LogP contribution in [0.4, 0.5) is 5.69 Å². The minimum absolute atomic E-state index is 0.0689. The molecule has 2 rings (SSSR count). The van der Waals surface area contributed by atoms with Gasteiger partial charge in [-0.1, -0.05) is 12.1 Å². The molecule has 0 radical (unpaired) electrons. The van der Waals surface area contributed by atoms with Crippen LogP contribution in [0.1, 0.15) is 24.5 Å². The lowest BCUT2D eigenvalue weighted by molar-refractivity contribution is -0.146. The standard InChI is InChI=1S/C17H22N2O4S/c1-4-23-17(22)13-9-24-14(16(21)19-13)8-15(20)18-12-7-10(2)5-6-11(12)3/h5-7,13-14H,4,8-9H2,1-3H3,(H,18,20)(H,19,21). The van der Waals surface area contributed by atoms with Crippen molar-refractivity contribution < 1.29 is 19.1 Å². The predicted molar refractivity (Wildman–Crippen MR) is 94.0 cm³/mol. The van der Waals surface area contributed by atoms with Gasteiger partial charge in [-0.25, -0.2) is 4.79 Å². The number of ether oxygens (including phenoxy) is 1. The summed E-state index contributed by atoms with van der Waals surface area (Å²) in [5.74, 6) is -0.547. The van der Waals surface area contributed by atoms with Crippen molar-refractivity contribution in [2.45, 2.75) is 38.5 Å². The van der Waals surface area contributed by atoms with Gasteiger partial charge in [0.15, 0.2) is 0 Å². The van der Waals surface area contributed by atoms with Crippen molar-refractivity contribution in [2.24, 2.45) is 0 Å². The summed E-state index contributed by atoms with van der Waals surface area (Å²) in [6, 6.07) is 5.18. The highest BCUT2D eigenvalue weighted by atomic mass is 32.2. The van der Waals surface area contributed by atoms with E-state index in [1.165, 1.54) is 11.8 Å². The molecule has 0 saturated carbocycles. The maximum atomic E-state index is 12.2. The number of thioether (sulfide) groups is 1. The lowest BCUT2D eigenvalue weighted by atomic mass is 10.1. The highest BCUT2D eigenvalue weighted by Crippen LogP contribution is 2.23. The summed E-state index contributed by atoms with van der Waals surface area (Å²) in [4.78, 5) is 36.0. The van der Waals surface area contributed by atoms with Crippen molar-refractivity contribution in [3.8, 4) is 0 Å². The Kier molecular flexibility index (Phi) is 6.25. The van der Waals surface area contributed by atoms with E-state index in [4.69, 9.17) is 4.74 Å². The third-order valence-corrected chi connectivity index (χ3v) is 4.99. The summed E-state index contributed by atoms with van der Waals surface area (Å²) < 4.78 is 4.90. The van der Waals surface area contributed by atoms with Crippen LogP contribution in [-0.4, -0.2) is 41.4 Å². The van der Waals surface area contributed by atoms with E-state index in [2.05, 4.69) is 10.6 Å². The molecule has 6 nitrogen and oxygen atoms in total. The van der Waals surface area contributed by atoms with E-state index in [9.17, 15) is 14.4 Å². The van der Waals surface area contributed by atoms with Gasteiger partial charge in [0.05, 0.1) is 11.9 Å². The van der Waals surface area contributed by atoms with Gasteiger partial charge >= 0.3 is 5.97 Å². The van der Waals surface area contributed by atoms with E-state index in [0.29, 0.717) is 5.75 Å². The normalized spacial score (nSPS) is 20.2. The van der Waals surface area contributed by atoms with Crippen molar-refractivity contribution in [3.05, 3.63) is 29.3 Å². The Bertz CT molecular complexity index is 647. The number of hydrogen-bond acceptors (Lipinski definition) is 5. The van der Waals surface area contributed by atoms with E-state index in [1.807, 2.05) is 32.0 Å². The van der Waals surface area contributed by atoms with Gasteiger partial charge in [0.1, 0.15) is 6.04 Å². The number of benzene rings is 1. The van der Waals surface area contributed by atoms with Crippen molar-refractivity contribution in [1.82, 2.24) is 5.32 Å². The average Bonchev–Trinajstić information content (AvgIpc) is 2.53. The minimum atomic E-state index is -0.638. The predicted octanol–water partition coefficient (Wildman–Crippen LogP) is 1.80. The zero-order valence-corrected chi connectivity index (χ0v) is 14.9. The van der Waals surface area contributed by atoms with Gasteiger partial charge in [-0.15, -0.1) is 11.8 Å². The van der Waals surface area contributed by atoms with Crippen molar-refractivity contribution >= 4 is 35.2 Å². The van der Waals surface area contributed by atoms with Gasteiger partial charge in [0.25, 0.3) is 0 Å². The number of aryl methyl sites for hydroxylation is 2. The first-order valence-electron chi connectivity index (χ1n) is 7.86. The molecule has 130 valence electrons.